The normalized spacial score (nSPS) is 21.9. The Bertz CT molecular complexity index is 1200. The zero-order chi connectivity index (χ0) is 24.4. The van der Waals surface area contributed by atoms with Crippen molar-refractivity contribution < 1.29 is 15.0 Å². The predicted molar refractivity (Wildman–Crippen MR) is 138 cm³/mol. The number of benzene rings is 2. The van der Waals surface area contributed by atoms with Gasteiger partial charge in [-0.2, -0.15) is 0 Å². The van der Waals surface area contributed by atoms with E-state index in [1.165, 1.54) is 0 Å². The van der Waals surface area contributed by atoms with E-state index in [9.17, 15) is 15.0 Å². The fraction of sp³-hybridized carbons (Fsp3) is 0.429. The number of likely N-dealkylation sites (tertiary alicyclic amines) is 2. The van der Waals surface area contributed by atoms with E-state index in [4.69, 9.17) is 11.6 Å². The maximum Gasteiger partial charge on any atom is 0.253 e. The molecule has 184 valence electrons. The minimum absolute atomic E-state index is 0.0914. The van der Waals surface area contributed by atoms with Crippen LogP contribution in [0, 0.1) is 11.8 Å². The fourth-order valence-corrected chi connectivity index (χ4v) is 5.92. The van der Waals surface area contributed by atoms with E-state index in [1.807, 2.05) is 47.4 Å². The largest absolute Gasteiger partial charge is 0.506 e. The van der Waals surface area contributed by atoms with E-state index < -0.39 is 0 Å². The Labute approximate surface area is 211 Å². The number of aromatic nitrogens is 1. The zero-order valence-electron chi connectivity index (χ0n) is 19.8. The molecule has 35 heavy (non-hydrogen) atoms. The van der Waals surface area contributed by atoms with Crippen molar-refractivity contribution in [1.82, 2.24) is 14.8 Å². The summed E-state index contributed by atoms with van der Waals surface area (Å²) in [5, 5.41) is 21.2. The van der Waals surface area contributed by atoms with E-state index in [2.05, 4.69) is 9.88 Å². The highest BCUT2D eigenvalue weighted by Crippen LogP contribution is 2.32. The van der Waals surface area contributed by atoms with Gasteiger partial charge < -0.3 is 15.1 Å². The van der Waals surface area contributed by atoms with E-state index in [0.29, 0.717) is 17.0 Å². The lowest BCUT2D eigenvalue weighted by Crippen LogP contribution is -2.52. The highest BCUT2D eigenvalue weighted by atomic mass is 35.5. The SMILES string of the molecule is O=C(c1ccc2ncccc2c1)N1CCC(N2CC[C@H](Cc3ccc(O)c(Cl)c3)[C@H](CO)C2)CC1. The molecular weight excluding hydrogens is 462 g/mol. The third-order valence-electron chi connectivity index (χ3n) is 7.79. The Kier molecular flexibility index (Phi) is 7.23. The van der Waals surface area contributed by atoms with Crippen LogP contribution in [0.1, 0.15) is 35.2 Å². The average Bonchev–Trinajstić information content (AvgIpc) is 2.90. The molecule has 0 unspecified atom stereocenters. The Hall–Kier alpha value is -2.67. The Balaban J connectivity index is 1.16. The molecule has 1 amide bonds. The van der Waals surface area contributed by atoms with Crippen LogP contribution in [0.3, 0.4) is 0 Å². The lowest BCUT2D eigenvalue weighted by Gasteiger charge is -2.44. The van der Waals surface area contributed by atoms with Gasteiger partial charge >= 0.3 is 0 Å². The molecule has 0 bridgehead atoms. The van der Waals surface area contributed by atoms with Gasteiger partial charge in [-0.1, -0.05) is 23.7 Å². The first kappa shape index (κ1) is 24.0. The van der Waals surface area contributed by atoms with Crippen LogP contribution in [-0.2, 0) is 6.42 Å². The summed E-state index contributed by atoms with van der Waals surface area (Å²) in [6, 6.07) is 15.4. The molecule has 0 radical (unpaired) electrons. The number of halogens is 1. The van der Waals surface area contributed by atoms with Gasteiger partial charge in [-0.05, 0) is 86.0 Å². The molecule has 2 aromatic carbocycles. The number of nitrogens with zero attached hydrogens (tertiary/aromatic N) is 3. The summed E-state index contributed by atoms with van der Waals surface area (Å²) in [6.45, 7) is 3.56. The van der Waals surface area contributed by atoms with Crippen LogP contribution in [0.2, 0.25) is 5.02 Å². The number of phenols is 1. The van der Waals surface area contributed by atoms with Gasteiger partial charge in [0.2, 0.25) is 0 Å². The predicted octanol–water partition coefficient (Wildman–Crippen LogP) is 4.37. The summed E-state index contributed by atoms with van der Waals surface area (Å²) >= 11 is 6.09. The smallest absolute Gasteiger partial charge is 0.253 e. The second-order valence-electron chi connectivity index (χ2n) is 9.91. The van der Waals surface area contributed by atoms with Crippen molar-refractivity contribution in [2.24, 2.45) is 11.8 Å². The number of hydrogen-bond acceptors (Lipinski definition) is 5. The molecule has 3 aromatic rings. The number of phenolic OH excluding ortho intramolecular Hbond substituents is 1. The van der Waals surface area contributed by atoms with Crippen molar-refractivity contribution >= 4 is 28.4 Å². The number of piperidine rings is 2. The van der Waals surface area contributed by atoms with Gasteiger partial charge in [0.15, 0.2) is 0 Å². The molecule has 2 aliphatic heterocycles. The molecule has 0 saturated carbocycles. The zero-order valence-corrected chi connectivity index (χ0v) is 20.6. The van der Waals surface area contributed by atoms with Gasteiger partial charge in [0.05, 0.1) is 10.5 Å². The average molecular weight is 494 g/mol. The molecule has 2 aliphatic rings. The van der Waals surface area contributed by atoms with Crippen LogP contribution < -0.4 is 0 Å². The highest BCUT2D eigenvalue weighted by molar-refractivity contribution is 6.32. The van der Waals surface area contributed by atoms with Gasteiger partial charge in [0, 0.05) is 49.4 Å². The first-order valence-corrected chi connectivity index (χ1v) is 12.9. The molecule has 6 nitrogen and oxygen atoms in total. The summed E-state index contributed by atoms with van der Waals surface area (Å²) in [7, 11) is 0. The second kappa shape index (κ2) is 10.5. The molecule has 2 saturated heterocycles. The third kappa shape index (κ3) is 5.30. The Morgan fingerprint density at radius 1 is 1.03 bits per heavy atom. The number of rotatable bonds is 5. The van der Waals surface area contributed by atoms with E-state index in [1.54, 1.807) is 12.3 Å². The molecule has 1 aromatic heterocycles. The minimum Gasteiger partial charge on any atom is -0.506 e. The standard InChI is InChI=1S/C28H32ClN3O3/c29-25-15-19(3-6-27(25)34)14-20-7-11-32(17-23(20)18-33)24-8-12-31(13-9-24)28(35)22-4-5-26-21(16-22)2-1-10-30-26/h1-6,10,15-16,20,23-24,33-34H,7-9,11-14,17-18H2/t20-,23+/m1/s1. The van der Waals surface area contributed by atoms with Crippen molar-refractivity contribution in [2.75, 3.05) is 32.8 Å². The van der Waals surface area contributed by atoms with Gasteiger partial charge in [0.25, 0.3) is 5.91 Å². The highest BCUT2D eigenvalue weighted by Gasteiger charge is 2.34. The number of carbonyl (C=O) groups is 1. The summed E-state index contributed by atoms with van der Waals surface area (Å²) in [5.41, 5.74) is 2.72. The lowest BCUT2D eigenvalue weighted by molar-refractivity contribution is 0.0242. The van der Waals surface area contributed by atoms with Gasteiger partial charge in [-0.15, -0.1) is 0 Å². The van der Waals surface area contributed by atoms with E-state index in [-0.39, 0.29) is 24.2 Å². The number of hydrogen-bond donors (Lipinski definition) is 2. The van der Waals surface area contributed by atoms with Gasteiger partial charge in [-0.3, -0.25) is 14.7 Å². The molecule has 3 heterocycles. The molecule has 2 N–H and O–H groups in total. The van der Waals surface area contributed by atoms with Crippen molar-refractivity contribution in [2.45, 2.75) is 31.7 Å². The Morgan fingerprint density at radius 2 is 1.86 bits per heavy atom. The van der Waals surface area contributed by atoms with Crippen molar-refractivity contribution in [3.8, 4) is 5.75 Å². The van der Waals surface area contributed by atoms with Crippen LogP contribution in [0.25, 0.3) is 10.9 Å². The van der Waals surface area contributed by atoms with Crippen LogP contribution in [0.15, 0.2) is 54.7 Å². The van der Waals surface area contributed by atoms with Crippen molar-refractivity contribution in [1.29, 1.82) is 0 Å². The molecule has 0 aliphatic carbocycles. The van der Waals surface area contributed by atoms with Gasteiger partial charge in [0.1, 0.15) is 5.75 Å². The summed E-state index contributed by atoms with van der Waals surface area (Å²) in [5.74, 6) is 0.795. The molecule has 2 atom stereocenters. The van der Waals surface area contributed by atoms with Crippen molar-refractivity contribution in [3.05, 3.63) is 70.9 Å². The number of aliphatic hydroxyl groups excluding tert-OH is 1. The molecule has 7 heteroatoms. The molecular formula is C28H32ClN3O3. The van der Waals surface area contributed by atoms with E-state index in [0.717, 1.165) is 73.9 Å². The number of aliphatic hydroxyl groups is 1. The molecule has 2 fully saturated rings. The van der Waals surface area contributed by atoms with E-state index >= 15 is 0 Å². The van der Waals surface area contributed by atoms with Crippen LogP contribution in [0.4, 0.5) is 0 Å². The second-order valence-corrected chi connectivity index (χ2v) is 10.3. The number of pyridine rings is 1. The molecule has 0 spiro atoms. The monoisotopic (exact) mass is 493 g/mol. The number of carbonyl (C=O) groups excluding carboxylic acids is 1. The van der Waals surface area contributed by atoms with Crippen LogP contribution in [0.5, 0.6) is 5.75 Å². The summed E-state index contributed by atoms with van der Waals surface area (Å²) < 4.78 is 0. The number of aromatic hydroxyl groups is 1. The topological polar surface area (TPSA) is 76.9 Å². The Morgan fingerprint density at radius 3 is 2.63 bits per heavy atom. The third-order valence-corrected chi connectivity index (χ3v) is 8.09. The molecule has 5 rings (SSSR count). The quantitative estimate of drug-likeness (QED) is 0.552. The lowest BCUT2D eigenvalue weighted by atomic mass is 9.80. The van der Waals surface area contributed by atoms with Crippen molar-refractivity contribution in [3.63, 3.8) is 0 Å². The summed E-state index contributed by atoms with van der Waals surface area (Å²) in [4.78, 5) is 22.0. The maximum absolute atomic E-state index is 13.1. The van der Waals surface area contributed by atoms with Gasteiger partial charge in [-0.25, -0.2) is 0 Å². The summed E-state index contributed by atoms with van der Waals surface area (Å²) in [6.07, 6.45) is 5.55. The van der Waals surface area contributed by atoms with Crippen LogP contribution in [-0.4, -0.2) is 69.7 Å². The number of fused-ring (bicyclic) bond motifs is 1. The maximum atomic E-state index is 13.1. The fourth-order valence-electron chi connectivity index (χ4n) is 5.72. The first-order chi connectivity index (χ1) is 17.0. The minimum atomic E-state index is 0.0914. The number of amides is 1. The van der Waals surface area contributed by atoms with Crippen LogP contribution >= 0.6 is 11.6 Å². The first-order valence-electron chi connectivity index (χ1n) is 12.5.